The Bertz CT molecular complexity index is 631. The normalized spacial score (nSPS) is 12.7. The van der Waals surface area contributed by atoms with E-state index in [0.29, 0.717) is 5.56 Å². The number of fused-ring (bicyclic) bond motifs is 1. The molecule has 0 atom stereocenters. The zero-order valence-electron chi connectivity index (χ0n) is 11.4. The lowest BCUT2D eigenvalue weighted by Gasteiger charge is -2.06. The van der Waals surface area contributed by atoms with E-state index in [-0.39, 0.29) is 18.3 Å². The summed E-state index contributed by atoms with van der Waals surface area (Å²) in [4.78, 5) is 12.2. The summed E-state index contributed by atoms with van der Waals surface area (Å²) in [5.41, 5.74) is 5.59. The minimum Gasteiger partial charge on any atom is -0.319 e. The highest BCUT2D eigenvalue weighted by atomic mass is 35.5. The molecule has 2 aromatic rings. The maximum atomic E-state index is 12.2. The van der Waals surface area contributed by atoms with Crippen molar-refractivity contribution in [3.63, 3.8) is 0 Å². The molecule has 0 radical (unpaired) electrons. The van der Waals surface area contributed by atoms with Crippen molar-refractivity contribution in [1.29, 1.82) is 0 Å². The largest absolute Gasteiger partial charge is 0.319 e. The van der Waals surface area contributed by atoms with Crippen LogP contribution >= 0.6 is 12.4 Å². The number of rotatable bonds is 2. The quantitative estimate of drug-likeness (QED) is 0.795. The minimum absolute atomic E-state index is 0. The van der Waals surface area contributed by atoms with Gasteiger partial charge in [-0.1, -0.05) is 6.07 Å². The van der Waals surface area contributed by atoms with E-state index in [0.717, 1.165) is 30.2 Å². The summed E-state index contributed by atoms with van der Waals surface area (Å²) >= 11 is 0. The Kier molecular flexibility index (Phi) is 4.11. The van der Waals surface area contributed by atoms with Crippen LogP contribution in [-0.4, -0.2) is 16.1 Å². The van der Waals surface area contributed by atoms with Gasteiger partial charge in [0.25, 0.3) is 5.91 Å². The number of aromatic nitrogens is 2. The van der Waals surface area contributed by atoms with Crippen LogP contribution in [0.25, 0.3) is 0 Å². The number of aryl methyl sites for hydroxylation is 2. The van der Waals surface area contributed by atoms with E-state index in [2.05, 4.69) is 20.8 Å². The molecule has 3 N–H and O–H groups in total. The van der Waals surface area contributed by atoms with E-state index in [9.17, 15) is 4.79 Å². The Morgan fingerprint density at radius 2 is 2.00 bits per heavy atom. The first-order valence-corrected chi connectivity index (χ1v) is 6.30. The smallest absolute Gasteiger partial charge is 0.255 e. The topological polar surface area (TPSA) is 69.8 Å². The Morgan fingerprint density at radius 3 is 2.70 bits per heavy atom. The third-order valence-electron chi connectivity index (χ3n) is 3.47. The second-order valence-electron chi connectivity index (χ2n) is 4.85. The number of hydrogen-bond acceptors (Lipinski definition) is 3. The van der Waals surface area contributed by atoms with Gasteiger partial charge in [0.1, 0.15) is 0 Å². The number of hydrogen-bond donors (Lipinski definition) is 3. The van der Waals surface area contributed by atoms with Crippen LogP contribution in [0, 0.1) is 13.8 Å². The number of H-pyrrole nitrogens is 1. The number of carbonyl (C=O) groups excluding carboxylic acids is 1. The number of nitrogens with zero attached hydrogens (tertiary/aromatic N) is 1. The lowest BCUT2D eigenvalue weighted by atomic mass is 10.1. The Hall–Kier alpha value is -1.85. The molecule has 0 aliphatic carbocycles. The lowest BCUT2D eigenvalue weighted by Crippen LogP contribution is -2.13. The van der Waals surface area contributed by atoms with Gasteiger partial charge in [0.2, 0.25) is 0 Å². The van der Waals surface area contributed by atoms with Crippen molar-refractivity contribution >= 4 is 24.0 Å². The average Bonchev–Trinajstić information content (AvgIpc) is 2.99. The van der Waals surface area contributed by atoms with Crippen molar-refractivity contribution in [2.75, 3.05) is 5.32 Å². The first-order valence-electron chi connectivity index (χ1n) is 6.30. The molecule has 5 nitrogen and oxygen atoms in total. The van der Waals surface area contributed by atoms with E-state index in [1.165, 1.54) is 11.1 Å². The van der Waals surface area contributed by atoms with Gasteiger partial charge in [-0.05, 0) is 37.1 Å². The van der Waals surface area contributed by atoms with Crippen molar-refractivity contribution in [2.45, 2.75) is 26.9 Å². The van der Waals surface area contributed by atoms with Gasteiger partial charge in [0, 0.05) is 18.7 Å². The van der Waals surface area contributed by atoms with Crippen LogP contribution in [0.4, 0.5) is 5.69 Å². The standard InChI is InChI=1S/C14H16N4O.ClH/c1-8-13(9(2)18-17-8)16-14(19)10-3-4-11-6-15-7-12(11)5-10;/h3-5,15H,6-7H2,1-2H3,(H,16,19)(H,17,18);1H. The Morgan fingerprint density at radius 1 is 1.25 bits per heavy atom. The van der Waals surface area contributed by atoms with Crippen LogP contribution in [0.3, 0.4) is 0 Å². The summed E-state index contributed by atoms with van der Waals surface area (Å²) in [5, 5.41) is 13.1. The maximum Gasteiger partial charge on any atom is 0.255 e. The van der Waals surface area contributed by atoms with Gasteiger partial charge in [0.15, 0.2) is 0 Å². The van der Waals surface area contributed by atoms with Crippen molar-refractivity contribution in [1.82, 2.24) is 15.5 Å². The number of halogens is 1. The summed E-state index contributed by atoms with van der Waals surface area (Å²) in [7, 11) is 0. The Labute approximate surface area is 123 Å². The third kappa shape index (κ3) is 2.55. The molecule has 1 aliphatic rings. The predicted octanol–water partition coefficient (Wildman–Crippen LogP) is 2.30. The molecule has 0 spiro atoms. The third-order valence-corrected chi connectivity index (χ3v) is 3.47. The molecular formula is C14H17ClN4O. The molecule has 1 aliphatic heterocycles. The molecule has 0 saturated heterocycles. The minimum atomic E-state index is -0.0951. The van der Waals surface area contributed by atoms with Gasteiger partial charge in [-0.2, -0.15) is 5.10 Å². The van der Waals surface area contributed by atoms with Crippen molar-refractivity contribution in [2.24, 2.45) is 0 Å². The van der Waals surface area contributed by atoms with Crippen molar-refractivity contribution in [3.05, 3.63) is 46.3 Å². The average molecular weight is 293 g/mol. The number of nitrogens with one attached hydrogen (secondary N) is 3. The molecule has 0 fully saturated rings. The van der Waals surface area contributed by atoms with E-state index < -0.39 is 0 Å². The number of carbonyl (C=O) groups is 1. The van der Waals surface area contributed by atoms with E-state index >= 15 is 0 Å². The molecule has 0 saturated carbocycles. The van der Waals surface area contributed by atoms with E-state index in [4.69, 9.17) is 0 Å². The van der Waals surface area contributed by atoms with Crippen LogP contribution in [0.15, 0.2) is 18.2 Å². The molecule has 1 amide bonds. The van der Waals surface area contributed by atoms with Gasteiger partial charge in [-0.15, -0.1) is 12.4 Å². The molecule has 0 unspecified atom stereocenters. The van der Waals surface area contributed by atoms with Gasteiger partial charge >= 0.3 is 0 Å². The fourth-order valence-electron chi connectivity index (χ4n) is 2.36. The Balaban J connectivity index is 0.00000147. The van der Waals surface area contributed by atoms with Gasteiger partial charge in [-0.3, -0.25) is 9.89 Å². The van der Waals surface area contributed by atoms with Crippen molar-refractivity contribution in [3.8, 4) is 0 Å². The van der Waals surface area contributed by atoms with Crippen LogP contribution < -0.4 is 10.6 Å². The zero-order chi connectivity index (χ0) is 13.4. The number of aromatic amines is 1. The van der Waals surface area contributed by atoms with Gasteiger partial charge < -0.3 is 10.6 Å². The summed E-state index contributed by atoms with van der Waals surface area (Å²) < 4.78 is 0. The molecule has 2 heterocycles. The van der Waals surface area contributed by atoms with Gasteiger partial charge in [0.05, 0.1) is 17.1 Å². The fourth-order valence-corrected chi connectivity index (χ4v) is 2.36. The summed E-state index contributed by atoms with van der Waals surface area (Å²) in [6, 6.07) is 5.83. The number of amides is 1. The molecule has 3 rings (SSSR count). The van der Waals surface area contributed by atoms with Crippen LogP contribution in [0.5, 0.6) is 0 Å². The molecule has 20 heavy (non-hydrogen) atoms. The molecule has 1 aromatic heterocycles. The monoisotopic (exact) mass is 292 g/mol. The van der Waals surface area contributed by atoms with Crippen LogP contribution in [0.1, 0.15) is 32.9 Å². The second kappa shape index (κ2) is 5.64. The van der Waals surface area contributed by atoms with Gasteiger partial charge in [-0.25, -0.2) is 0 Å². The molecule has 6 heteroatoms. The fraction of sp³-hybridized carbons (Fsp3) is 0.286. The van der Waals surface area contributed by atoms with Crippen molar-refractivity contribution < 1.29 is 4.79 Å². The highest BCUT2D eigenvalue weighted by Crippen LogP contribution is 2.20. The summed E-state index contributed by atoms with van der Waals surface area (Å²) in [6.07, 6.45) is 0. The number of anilines is 1. The van der Waals surface area contributed by atoms with E-state index in [1.807, 2.05) is 32.0 Å². The predicted molar refractivity (Wildman–Crippen MR) is 80.2 cm³/mol. The first-order chi connectivity index (χ1) is 9.15. The molecular weight excluding hydrogens is 276 g/mol. The highest BCUT2D eigenvalue weighted by molar-refractivity contribution is 6.05. The summed E-state index contributed by atoms with van der Waals surface area (Å²) in [5.74, 6) is -0.0951. The molecule has 1 aromatic carbocycles. The van der Waals surface area contributed by atoms with Crippen LogP contribution in [0.2, 0.25) is 0 Å². The second-order valence-corrected chi connectivity index (χ2v) is 4.85. The molecule has 0 bridgehead atoms. The molecule has 106 valence electrons. The zero-order valence-corrected chi connectivity index (χ0v) is 12.2. The number of benzene rings is 1. The summed E-state index contributed by atoms with van der Waals surface area (Å²) in [6.45, 7) is 5.48. The van der Waals surface area contributed by atoms with E-state index in [1.54, 1.807) is 0 Å². The highest BCUT2D eigenvalue weighted by Gasteiger charge is 2.15. The van der Waals surface area contributed by atoms with Crippen LogP contribution in [-0.2, 0) is 13.1 Å². The maximum absolute atomic E-state index is 12.2. The lowest BCUT2D eigenvalue weighted by molar-refractivity contribution is 0.102. The SMILES string of the molecule is Cc1n[nH]c(C)c1NC(=O)c1ccc2c(c1)CNC2.Cl. The first kappa shape index (κ1) is 14.6.